The van der Waals surface area contributed by atoms with Crippen molar-refractivity contribution in [3.8, 4) is 23.3 Å². The molecule has 0 amide bonds. The van der Waals surface area contributed by atoms with Crippen LogP contribution in [0, 0.1) is 0 Å². The normalized spacial score (nSPS) is 18.2. The molecule has 0 spiro atoms. The minimum atomic E-state index is -2.93. The second-order valence-corrected chi connectivity index (χ2v) is 32.0. The maximum Gasteiger partial charge on any atom is 0.240 e. The summed E-state index contributed by atoms with van der Waals surface area (Å²) < 4.78 is 4.56. The van der Waals surface area contributed by atoms with E-state index in [4.69, 9.17) is 15.0 Å². The Labute approximate surface area is 381 Å². The number of fused-ring (bicyclic) bond motifs is 8. The van der Waals surface area contributed by atoms with E-state index < -0.39 is 24.2 Å². The summed E-state index contributed by atoms with van der Waals surface area (Å²) in [5, 5.41) is 13.6. The van der Waals surface area contributed by atoms with Gasteiger partial charge in [0.2, 0.25) is 11.9 Å². The summed E-state index contributed by atoms with van der Waals surface area (Å²) >= 11 is 0. The molecule has 0 unspecified atom stereocenters. The molecule has 0 saturated carbocycles. The van der Waals surface area contributed by atoms with Gasteiger partial charge in [0.1, 0.15) is 0 Å². The van der Waals surface area contributed by atoms with Crippen LogP contribution in [-0.2, 0) is 0 Å². The van der Waals surface area contributed by atoms with Gasteiger partial charge in [0.15, 0.2) is 13.9 Å². The highest BCUT2D eigenvalue weighted by molar-refractivity contribution is 7.20. The molecule has 8 aromatic carbocycles. The molecule has 5 nitrogen and oxygen atoms in total. The van der Waals surface area contributed by atoms with E-state index in [9.17, 15) is 0 Å². The van der Waals surface area contributed by atoms with Crippen LogP contribution in [0.1, 0.15) is 0 Å². The van der Waals surface area contributed by atoms with E-state index in [1.807, 2.05) is 0 Å². The highest BCUT2D eigenvalue weighted by Crippen LogP contribution is 2.42. The Balaban J connectivity index is 1.20. The van der Waals surface area contributed by atoms with Crippen molar-refractivity contribution < 1.29 is 0 Å². The van der Waals surface area contributed by atoms with Crippen molar-refractivity contribution >= 4 is 99.0 Å². The smallest absolute Gasteiger partial charge is 0.240 e. The first kappa shape index (κ1) is 38.5. The largest absolute Gasteiger partial charge is 0.278 e. The molecule has 0 N–H and O–H groups in total. The summed E-state index contributed by atoms with van der Waals surface area (Å²) in [6, 6.07) is 79.7. The molecule has 11 aromatic rings. The van der Waals surface area contributed by atoms with Gasteiger partial charge in [-0.15, -0.1) is 0 Å². The van der Waals surface area contributed by atoms with Crippen LogP contribution < -0.4 is 31.1 Å². The first-order valence-electron chi connectivity index (χ1n) is 23.0. The zero-order chi connectivity index (χ0) is 43.3. The third-order valence-corrected chi connectivity index (χ3v) is 30.2. The predicted molar refractivity (Wildman–Crippen MR) is 279 cm³/mol. The lowest BCUT2D eigenvalue weighted by molar-refractivity contribution is 0.893. The SMILES string of the molecule is C[Si]12CC[Si](C)(CC1)c1c(-c3nc(-n4c5ccccc5c5ccccc54)nc(-n4c5ccccc5c5ccccc54)n3)cc([Si](c3ccccc3)(c3ccccc3)c3ccccc3)cc12. The fourth-order valence-electron chi connectivity index (χ4n) is 12.0. The quantitative estimate of drug-likeness (QED) is 0.118. The van der Waals surface area contributed by atoms with Crippen LogP contribution in [0.2, 0.25) is 37.3 Å². The highest BCUT2D eigenvalue weighted by Gasteiger charge is 2.53. The monoisotopic (exact) mass is 885 g/mol. The number of rotatable bonds is 7. The number of benzene rings is 8. The molecule has 3 aromatic heterocycles. The molecular weight excluding hydrogens is 839 g/mol. The lowest BCUT2D eigenvalue weighted by Crippen LogP contribution is -2.77. The number of hydrogen-bond donors (Lipinski definition) is 0. The van der Waals surface area contributed by atoms with Crippen LogP contribution in [0.4, 0.5) is 0 Å². The van der Waals surface area contributed by atoms with Gasteiger partial charge in [-0.3, -0.25) is 9.13 Å². The average molecular weight is 886 g/mol. The first-order chi connectivity index (χ1) is 31.9. The maximum absolute atomic E-state index is 5.78. The molecule has 6 heterocycles. The fraction of sp³-hybridized carbons (Fsp3) is 0.105. The fourth-order valence-corrected chi connectivity index (χ4v) is 32.0. The van der Waals surface area contributed by atoms with Gasteiger partial charge in [-0.1, -0.05) is 218 Å². The van der Waals surface area contributed by atoms with E-state index in [0.717, 1.165) is 27.9 Å². The lowest BCUT2D eigenvalue weighted by Gasteiger charge is -2.51. The van der Waals surface area contributed by atoms with Crippen molar-refractivity contribution in [3.05, 3.63) is 200 Å². The number of nitrogens with zero attached hydrogens (tertiary/aromatic N) is 5. The Kier molecular flexibility index (Phi) is 8.59. The number of hydrogen-bond acceptors (Lipinski definition) is 3. The zero-order valence-electron chi connectivity index (χ0n) is 36.6. The molecule has 2 bridgehead atoms. The summed E-state index contributed by atoms with van der Waals surface area (Å²) in [6.45, 7) is 5.35. The van der Waals surface area contributed by atoms with E-state index in [0.29, 0.717) is 11.9 Å². The molecule has 1 saturated heterocycles. The highest BCUT2D eigenvalue weighted by atomic mass is 28.3. The van der Waals surface area contributed by atoms with Gasteiger partial charge in [-0.25, -0.2) is 0 Å². The molecule has 0 aliphatic carbocycles. The Hall–Kier alpha value is -6.98. The van der Waals surface area contributed by atoms with Crippen LogP contribution in [0.25, 0.3) is 66.9 Å². The van der Waals surface area contributed by atoms with Crippen LogP contribution in [0.5, 0.6) is 0 Å². The minimum Gasteiger partial charge on any atom is -0.278 e. The van der Waals surface area contributed by atoms with Crippen LogP contribution in [0.15, 0.2) is 200 Å². The number of para-hydroxylation sites is 4. The second-order valence-electron chi connectivity index (χ2n) is 18.9. The average Bonchev–Trinajstić information content (AvgIpc) is 3.89. The zero-order valence-corrected chi connectivity index (χ0v) is 39.6. The Bertz CT molecular complexity index is 3310. The lowest BCUT2D eigenvalue weighted by atomic mass is 10.2. The molecule has 8 heteroatoms. The molecule has 14 rings (SSSR count). The summed E-state index contributed by atoms with van der Waals surface area (Å²) in [7, 11) is -6.79. The van der Waals surface area contributed by atoms with Gasteiger partial charge in [-0.05, 0) is 50.2 Å². The predicted octanol–water partition coefficient (Wildman–Crippen LogP) is 9.71. The molecule has 1 fully saturated rings. The Morgan fingerprint density at radius 1 is 0.385 bits per heavy atom. The summed E-state index contributed by atoms with van der Waals surface area (Å²) in [4.78, 5) is 17.1. The molecule has 3 aliphatic heterocycles. The van der Waals surface area contributed by atoms with Crippen molar-refractivity contribution in [2.24, 2.45) is 0 Å². The Morgan fingerprint density at radius 2 is 0.738 bits per heavy atom. The third-order valence-electron chi connectivity index (χ3n) is 15.3. The van der Waals surface area contributed by atoms with E-state index in [2.05, 4.69) is 222 Å². The summed E-state index contributed by atoms with van der Waals surface area (Å²) in [5.41, 5.74) is 5.55. The van der Waals surface area contributed by atoms with Gasteiger partial charge in [-0.2, -0.15) is 15.0 Å². The maximum atomic E-state index is 5.78. The van der Waals surface area contributed by atoms with Gasteiger partial charge >= 0.3 is 0 Å². The van der Waals surface area contributed by atoms with E-state index >= 15 is 0 Å². The van der Waals surface area contributed by atoms with Crippen LogP contribution in [-0.4, -0.2) is 48.3 Å². The topological polar surface area (TPSA) is 48.5 Å². The second kappa shape index (κ2) is 14.5. The van der Waals surface area contributed by atoms with Crippen molar-refractivity contribution in [1.29, 1.82) is 0 Å². The molecule has 0 atom stereocenters. The van der Waals surface area contributed by atoms with Crippen LogP contribution in [0.3, 0.4) is 0 Å². The Morgan fingerprint density at radius 3 is 1.14 bits per heavy atom. The summed E-state index contributed by atoms with van der Waals surface area (Å²) in [6.07, 6.45) is 0. The summed E-state index contributed by atoms with van der Waals surface area (Å²) in [5.74, 6) is 2.04. The van der Waals surface area contributed by atoms with E-state index in [1.165, 1.54) is 72.0 Å². The minimum absolute atomic E-state index is 0.636. The van der Waals surface area contributed by atoms with Crippen molar-refractivity contribution in [2.75, 3.05) is 0 Å². The van der Waals surface area contributed by atoms with E-state index in [-0.39, 0.29) is 0 Å². The molecular formula is C57H47N5Si3. The molecule has 3 aliphatic rings. The first-order valence-corrected chi connectivity index (χ1v) is 30.9. The molecule has 65 heavy (non-hydrogen) atoms. The van der Waals surface area contributed by atoms with Gasteiger partial charge < -0.3 is 0 Å². The van der Waals surface area contributed by atoms with Gasteiger partial charge in [0.05, 0.1) is 38.2 Å². The molecule has 312 valence electrons. The third kappa shape index (κ3) is 5.64. The van der Waals surface area contributed by atoms with Gasteiger partial charge in [0.25, 0.3) is 0 Å². The standard InChI is InChI=1S/C57H47N5Si3/c1-63-34-36-64(2,37-35-63)54-48(38-43(39-53(54)63)65(40-20-6-3-7-21-40,41-22-8-4-9-23-41)42-24-10-5-11-25-42)55-58-56(61-49-30-16-12-26-44(49)45-27-13-17-31-50(45)61)60-57(59-55)62-51-32-18-14-28-46(51)47-29-15-19-33-52(47)62/h3-33,38-39H,34-37H2,1-2H3. The van der Waals surface area contributed by atoms with E-state index in [1.54, 1.807) is 10.4 Å². The van der Waals surface area contributed by atoms with Crippen molar-refractivity contribution in [2.45, 2.75) is 37.3 Å². The van der Waals surface area contributed by atoms with Crippen molar-refractivity contribution in [1.82, 2.24) is 24.1 Å². The molecule has 0 radical (unpaired) electrons. The van der Waals surface area contributed by atoms with Crippen LogP contribution >= 0.6 is 0 Å². The number of aromatic nitrogens is 5. The van der Waals surface area contributed by atoms with Crippen molar-refractivity contribution in [3.63, 3.8) is 0 Å². The van der Waals surface area contributed by atoms with Gasteiger partial charge in [0, 0.05) is 27.1 Å².